The molecule has 0 saturated heterocycles. The fourth-order valence-electron chi connectivity index (χ4n) is 2.47. The van der Waals surface area contributed by atoms with E-state index in [4.69, 9.17) is 0 Å². The number of aromatic amines is 1. The molecule has 3 rings (SSSR count). The molecule has 1 unspecified atom stereocenters. The zero-order chi connectivity index (χ0) is 16.9. The molecule has 124 valence electrons. The number of carbonyl (C=O) groups is 1. The van der Waals surface area contributed by atoms with E-state index >= 15 is 0 Å². The molecule has 0 aliphatic rings. The second-order valence-electron chi connectivity index (χ2n) is 5.90. The summed E-state index contributed by atoms with van der Waals surface area (Å²) >= 11 is 1.50. The molecule has 2 aromatic heterocycles. The van der Waals surface area contributed by atoms with Crippen LogP contribution in [0.15, 0.2) is 53.7 Å². The first-order valence-electron chi connectivity index (χ1n) is 7.90. The molecule has 6 heteroatoms. The number of amides is 1. The second kappa shape index (κ2) is 7.49. The number of hydrogen-bond donors (Lipinski definition) is 2. The summed E-state index contributed by atoms with van der Waals surface area (Å²) in [6.07, 6.45) is 3.46. The van der Waals surface area contributed by atoms with E-state index in [1.54, 1.807) is 12.4 Å². The van der Waals surface area contributed by atoms with Crippen molar-refractivity contribution in [2.45, 2.75) is 24.8 Å². The Bertz CT molecular complexity index is 783. The molecule has 24 heavy (non-hydrogen) atoms. The molecule has 2 N–H and O–H groups in total. The van der Waals surface area contributed by atoms with Crippen molar-refractivity contribution in [3.63, 3.8) is 0 Å². The Morgan fingerprint density at radius 1 is 1.21 bits per heavy atom. The SMILES string of the molecule is CC(C)C(NC(=O)CSc1ccncc1)c1nc2ccccc2[nH]1. The number of carbonyl (C=O) groups excluding carboxylic acids is 1. The van der Waals surface area contributed by atoms with Crippen LogP contribution in [0.25, 0.3) is 11.0 Å². The van der Waals surface area contributed by atoms with Crippen molar-refractivity contribution in [2.75, 3.05) is 5.75 Å². The molecule has 1 atom stereocenters. The number of nitrogens with one attached hydrogen (secondary N) is 2. The van der Waals surface area contributed by atoms with Crippen LogP contribution in [-0.4, -0.2) is 26.6 Å². The first kappa shape index (κ1) is 16.5. The van der Waals surface area contributed by atoms with Gasteiger partial charge in [-0.3, -0.25) is 9.78 Å². The number of benzene rings is 1. The van der Waals surface area contributed by atoms with E-state index < -0.39 is 0 Å². The lowest BCUT2D eigenvalue weighted by molar-refractivity contribution is -0.119. The van der Waals surface area contributed by atoms with E-state index in [0.29, 0.717) is 5.75 Å². The molecule has 0 radical (unpaired) electrons. The van der Waals surface area contributed by atoms with Crippen LogP contribution in [0.2, 0.25) is 0 Å². The summed E-state index contributed by atoms with van der Waals surface area (Å²) in [4.78, 5) is 25.3. The maximum atomic E-state index is 12.3. The average Bonchev–Trinajstić information content (AvgIpc) is 3.02. The maximum absolute atomic E-state index is 12.3. The van der Waals surface area contributed by atoms with Gasteiger partial charge in [0.15, 0.2) is 0 Å². The Hall–Kier alpha value is -2.34. The minimum Gasteiger partial charge on any atom is -0.345 e. The summed E-state index contributed by atoms with van der Waals surface area (Å²) in [7, 11) is 0. The number of rotatable bonds is 6. The van der Waals surface area contributed by atoms with Gasteiger partial charge in [-0.05, 0) is 30.2 Å². The van der Waals surface area contributed by atoms with Gasteiger partial charge in [0.25, 0.3) is 0 Å². The molecule has 3 aromatic rings. The number of imidazole rings is 1. The fraction of sp³-hybridized carbons (Fsp3) is 0.278. The second-order valence-corrected chi connectivity index (χ2v) is 6.95. The van der Waals surface area contributed by atoms with Gasteiger partial charge in [-0.25, -0.2) is 4.98 Å². The molecular weight excluding hydrogens is 320 g/mol. The van der Waals surface area contributed by atoms with Gasteiger partial charge in [0, 0.05) is 17.3 Å². The summed E-state index contributed by atoms with van der Waals surface area (Å²) in [6.45, 7) is 4.16. The summed E-state index contributed by atoms with van der Waals surface area (Å²) in [5, 5.41) is 3.09. The van der Waals surface area contributed by atoms with Crippen LogP contribution in [-0.2, 0) is 4.79 Å². The minimum atomic E-state index is -0.136. The van der Waals surface area contributed by atoms with Crippen LogP contribution in [0.4, 0.5) is 0 Å². The Kier molecular flexibility index (Phi) is 5.15. The third kappa shape index (κ3) is 3.94. The van der Waals surface area contributed by atoms with Crippen molar-refractivity contribution >= 4 is 28.7 Å². The number of H-pyrrole nitrogens is 1. The van der Waals surface area contributed by atoms with Crippen molar-refractivity contribution < 1.29 is 4.79 Å². The van der Waals surface area contributed by atoms with Crippen molar-refractivity contribution in [3.05, 3.63) is 54.6 Å². The average molecular weight is 340 g/mol. The maximum Gasteiger partial charge on any atom is 0.230 e. The van der Waals surface area contributed by atoms with Gasteiger partial charge in [-0.1, -0.05) is 26.0 Å². The Morgan fingerprint density at radius 2 is 1.96 bits per heavy atom. The predicted octanol–water partition coefficient (Wildman–Crippen LogP) is 3.56. The van der Waals surface area contributed by atoms with E-state index in [2.05, 4.69) is 34.1 Å². The van der Waals surface area contributed by atoms with Gasteiger partial charge in [-0.15, -0.1) is 11.8 Å². The molecular formula is C18H20N4OS. The third-order valence-electron chi connectivity index (χ3n) is 3.71. The van der Waals surface area contributed by atoms with Crippen LogP contribution in [0, 0.1) is 5.92 Å². The molecule has 0 aliphatic carbocycles. The zero-order valence-electron chi connectivity index (χ0n) is 13.7. The summed E-state index contributed by atoms with van der Waals surface area (Å²) in [5.41, 5.74) is 1.90. The monoisotopic (exact) mass is 340 g/mol. The van der Waals surface area contributed by atoms with E-state index in [9.17, 15) is 4.79 Å². The van der Waals surface area contributed by atoms with Gasteiger partial charge < -0.3 is 10.3 Å². The van der Waals surface area contributed by atoms with E-state index in [1.165, 1.54) is 11.8 Å². The van der Waals surface area contributed by atoms with Crippen LogP contribution in [0.1, 0.15) is 25.7 Å². The number of nitrogens with zero attached hydrogens (tertiary/aromatic N) is 2. The van der Waals surface area contributed by atoms with Gasteiger partial charge >= 0.3 is 0 Å². The standard InChI is InChI=1S/C18H20N4OS/c1-12(2)17(18-20-14-5-3-4-6-15(14)21-18)22-16(23)11-24-13-7-9-19-10-8-13/h3-10,12,17H,11H2,1-2H3,(H,20,21)(H,22,23). The fourth-order valence-corrected chi connectivity index (χ4v) is 3.16. The molecule has 0 aliphatic heterocycles. The van der Waals surface area contributed by atoms with E-state index in [1.807, 2.05) is 36.4 Å². The summed E-state index contributed by atoms with van der Waals surface area (Å²) in [5.74, 6) is 1.40. The lowest BCUT2D eigenvalue weighted by Gasteiger charge is -2.20. The van der Waals surface area contributed by atoms with Gasteiger partial charge in [0.2, 0.25) is 5.91 Å². The number of fused-ring (bicyclic) bond motifs is 1. The van der Waals surface area contributed by atoms with Crippen molar-refractivity contribution in [3.8, 4) is 0 Å². The molecule has 0 fully saturated rings. The van der Waals surface area contributed by atoms with Crippen molar-refractivity contribution in [2.24, 2.45) is 5.92 Å². The molecule has 0 saturated carbocycles. The molecule has 0 bridgehead atoms. The highest BCUT2D eigenvalue weighted by molar-refractivity contribution is 8.00. The number of pyridine rings is 1. The number of hydrogen-bond acceptors (Lipinski definition) is 4. The lowest BCUT2D eigenvalue weighted by atomic mass is 10.0. The van der Waals surface area contributed by atoms with Gasteiger partial charge in [0.05, 0.1) is 22.8 Å². The van der Waals surface area contributed by atoms with Crippen LogP contribution in [0.5, 0.6) is 0 Å². The summed E-state index contributed by atoms with van der Waals surface area (Å²) in [6, 6.07) is 11.6. The number of aromatic nitrogens is 3. The highest BCUT2D eigenvalue weighted by atomic mass is 32.2. The Labute approximate surface area is 145 Å². The number of thioether (sulfide) groups is 1. The van der Waals surface area contributed by atoms with E-state index in [0.717, 1.165) is 21.8 Å². The van der Waals surface area contributed by atoms with E-state index in [-0.39, 0.29) is 17.9 Å². The van der Waals surface area contributed by atoms with Gasteiger partial charge in [0.1, 0.15) is 5.82 Å². The predicted molar refractivity (Wildman–Crippen MR) is 96.8 cm³/mol. The van der Waals surface area contributed by atoms with Crippen molar-refractivity contribution in [1.29, 1.82) is 0 Å². The summed E-state index contributed by atoms with van der Waals surface area (Å²) < 4.78 is 0. The Balaban J connectivity index is 1.68. The van der Waals surface area contributed by atoms with Gasteiger partial charge in [-0.2, -0.15) is 0 Å². The zero-order valence-corrected chi connectivity index (χ0v) is 14.5. The molecule has 0 spiro atoms. The quantitative estimate of drug-likeness (QED) is 0.673. The first-order valence-corrected chi connectivity index (χ1v) is 8.89. The smallest absolute Gasteiger partial charge is 0.230 e. The largest absolute Gasteiger partial charge is 0.345 e. The van der Waals surface area contributed by atoms with Crippen molar-refractivity contribution in [1.82, 2.24) is 20.3 Å². The Morgan fingerprint density at radius 3 is 2.67 bits per heavy atom. The first-order chi connectivity index (χ1) is 11.6. The molecule has 1 amide bonds. The lowest BCUT2D eigenvalue weighted by Crippen LogP contribution is -2.33. The highest BCUT2D eigenvalue weighted by Gasteiger charge is 2.21. The van der Waals surface area contributed by atoms with Crippen LogP contribution < -0.4 is 5.32 Å². The topological polar surface area (TPSA) is 70.7 Å². The molecule has 1 aromatic carbocycles. The van der Waals surface area contributed by atoms with Crippen LogP contribution in [0.3, 0.4) is 0 Å². The van der Waals surface area contributed by atoms with Crippen LogP contribution >= 0.6 is 11.8 Å². The number of para-hydroxylation sites is 2. The highest BCUT2D eigenvalue weighted by Crippen LogP contribution is 2.23. The minimum absolute atomic E-state index is 0.00373. The molecule has 2 heterocycles. The third-order valence-corrected chi connectivity index (χ3v) is 4.72. The normalized spacial score (nSPS) is 12.5. The molecule has 5 nitrogen and oxygen atoms in total.